The van der Waals surface area contributed by atoms with Gasteiger partial charge in [0.15, 0.2) is 0 Å². The van der Waals surface area contributed by atoms with Gasteiger partial charge < -0.3 is 0 Å². The van der Waals surface area contributed by atoms with Gasteiger partial charge in [-0.25, -0.2) is 12.2 Å². The van der Waals surface area contributed by atoms with Gasteiger partial charge in [0.1, 0.15) is 0 Å². The van der Waals surface area contributed by atoms with E-state index in [-0.39, 0.29) is 10.8 Å². The van der Waals surface area contributed by atoms with Crippen molar-refractivity contribution in [2.24, 2.45) is 0 Å². The fraction of sp³-hybridized carbons (Fsp3) is 0.256. The third kappa shape index (κ3) is 7.74. The van der Waals surface area contributed by atoms with Gasteiger partial charge >= 0.3 is 93.7 Å². The molecule has 0 heterocycles. The molecule has 6 rings (SSSR count). The van der Waals surface area contributed by atoms with Gasteiger partial charge in [0.25, 0.3) is 0 Å². The van der Waals surface area contributed by atoms with Crippen molar-refractivity contribution in [3.05, 3.63) is 155 Å². The molecule has 1 heteroatoms. The summed E-state index contributed by atoms with van der Waals surface area (Å²) in [5, 5.41) is 0. The predicted molar refractivity (Wildman–Crippen MR) is 169 cm³/mol. The Kier molecular flexibility index (Phi) is 9.70. The first-order chi connectivity index (χ1) is 19.0. The van der Waals surface area contributed by atoms with E-state index in [9.17, 15) is 0 Å². The van der Waals surface area contributed by atoms with E-state index in [1.54, 1.807) is 0 Å². The Bertz CT molecular complexity index is 1380. The molecular formula is C39H40Zn-2. The Morgan fingerprint density at radius 2 is 1.27 bits per heavy atom. The molecule has 0 saturated heterocycles. The normalized spacial score (nSPS) is 13.0. The second kappa shape index (κ2) is 13.0. The Hall–Kier alpha value is -3.15. The summed E-state index contributed by atoms with van der Waals surface area (Å²) in [6.45, 7) is 13.6. The average molecular weight is 574 g/mol. The van der Waals surface area contributed by atoms with Crippen molar-refractivity contribution in [2.45, 2.75) is 65.2 Å². The van der Waals surface area contributed by atoms with Crippen LogP contribution in [-0.4, -0.2) is 4.11 Å². The Morgan fingerprint density at radius 1 is 0.700 bits per heavy atom. The van der Waals surface area contributed by atoms with Crippen LogP contribution in [0.4, 0.5) is 0 Å². The molecular weight excluding hydrogens is 534 g/mol. The zero-order valence-corrected chi connectivity index (χ0v) is 28.0. The molecule has 0 saturated carbocycles. The number of allylic oxidation sites excluding steroid dienone is 4. The van der Waals surface area contributed by atoms with Crippen molar-refractivity contribution < 1.29 is 17.9 Å². The third-order valence-electron chi connectivity index (χ3n) is 7.36. The van der Waals surface area contributed by atoms with Gasteiger partial charge in [-0.2, -0.15) is 35.4 Å². The fourth-order valence-corrected chi connectivity index (χ4v) is 5.76. The van der Waals surface area contributed by atoms with Crippen LogP contribution >= 0.6 is 0 Å². The average Bonchev–Trinajstić information content (AvgIpc) is 3.64. The van der Waals surface area contributed by atoms with E-state index in [1.807, 2.05) is 12.2 Å². The van der Waals surface area contributed by atoms with Crippen LogP contribution in [-0.2, 0) is 35.1 Å². The molecule has 0 radical (unpaired) electrons. The molecule has 0 N–H and O–H groups in total. The monoisotopic (exact) mass is 572 g/mol. The van der Waals surface area contributed by atoms with E-state index in [1.165, 1.54) is 66.5 Å². The van der Waals surface area contributed by atoms with Crippen LogP contribution < -0.4 is 0 Å². The summed E-state index contributed by atoms with van der Waals surface area (Å²) in [6, 6.07) is 36.2. The number of rotatable bonds is 2. The Morgan fingerprint density at radius 3 is 1.75 bits per heavy atom. The van der Waals surface area contributed by atoms with Crippen LogP contribution in [0.1, 0.15) is 81.3 Å². The van der Waals surface area contributed by atoms with Crippen LogP contribution in [0.5, 0.6) is 0 Å². The van der Waals surface area contributed by atoms with Gasteiger partial charge in [0.2, 0.25) is 0 Å². The molecule has 2 aliphatic rings. The molecule has 0 unspecified atom stereocenters. The zero-order chi connectivity index (χ0) is 28.8. The van der Waals surface area contributed by atoms with E-state index in [0.717, 1.165) is 12.8 Å². The van der Waals surface area contributed by atoms with Crippen LogP contribution in [0.3, 0.4) is 0 Å². The fourth-order valence-electron chi connectivity index (χ4n) is 4.77. The van der Waals surface area contributed by atoms with Gasteiger partial charge in [0, 0.05) is 0 Å². The molecule has 0 fully saturated rings. The zero-order valence-electron chi connectivity index (χ0n) is 25.0. The van der Waals surface area contributed by atoms with Gasteiger partial charge in [-0.3, -0.25) is 6.08 Å². The second-order valence-electron chi connectivity index (χ2n) is 12.5. The summed E-state index contributed by atoms with van der Waals surface area (Å²) in [4.78, 5) is 0. The van der Waals surface area contributed by atoms with Crippen LogP contribution in [0.15, 0.2) is 109 Å². The van der Waals surface area contributed by atoms with Crippen molar-refractivity contribution in [2.75, 3.05) is 0 Å². The molecule has 0 aromatic heterocycles. The first-order valence-corrected chi connectivity index (χ1v) is 15.7. The summed E-state index contributed by atoms with van der Waals surface area (Å²) < 4.78 is 1.45. The number of hydrogen-bond donors (Lipinski definition) is 0. The standard InChI is InChI=1S/C21H25.C13H10.C5H5.Zn/c1-20(2,3)16-9-7-14-11-15-8-10-17(21(4,5)6)13-19(15)18(14)12-16;1-3-7-12(8-4-1)11-13-9-5-2-6-10-13;1-2-4-5-3-1;/h7,9-10,12-13H,11H2,1-6H3;1-10H;1-3H,4H2;/q-1;;-1;. The maximum atomic E-state index is 3.53. The van der Waals surface area contributed by atoms with Gasteiger partial charge in [-0.05, 0) is 17.4 Å². The predicted octanol–water partition coefficient (Wildman–Crippen LogP) is 9.76. The number of fused-ring (bicyclic) bond motifs is 3. The Balaban J connectivity index is 0.000000166. The molecule has 4 aromatic carbocycles. The van der Waals surface area contributed by atoms with Gasteiger partial charge in [0.05, 0.1) is 0 Å². The van der Waals surface area contributed by atoms with Crippen molar-refractivity contribution in [3.8, 4) is 11.1 Å². The number of hydrogen-bond acceptors (Lipinski definition) is 0. The third-order valence-corrected chi connectivity index (χ3v) is 9.07. The molecule has 40 heavy (non-hydrogen) atoms. The first kappa shape index (κ1) is 29.8. The van der Waals surface area contributed by atoms with Crippen LogP contribution in [0.25, 0.3) is 11.1 Å². The molecule has 0 bridgehead atoms. The molecule has 0 amide bonds. The van der Waals surface area contributed by atoms with E-state index in [0.29, 0.717) is 0 Å². The van der Waals surface area contributed by atoms with Crippen molar-refractivity contribution >= 4 is 4.11 Å². The minimum atomic E-state index is 0.177. The van der Waals surface area contributed by atoms with Crippen LogP contribution in [0.2, 0.25) is 0 Å². The van der Waals surface area contributed by atoms with Gasteiger partial charge in [-0.15, -0.1) is 12.0 Å². The molecule has 0 aliphatic heterocycles. The summed E-state index contributed by atoms with van der Waals surface area (Å²) >= 11 is 1.19. The quantitative estimate of drug-likeness (QED) is 0.146. The number of benzene rings is 4. The van der Waals surface area contributed by atoms with E-state index in [2.05, 4.69) is 151 Å². The summed E-state index contributed by atoms with van der Waals surface area (Å²) in [5.41, 5.74) is 11.5. The minimum absolute atomic E-state index is 0.177. The molecule has 0 spiro atoms. The Labute approximate surface area is 252 Å². The topological polar surface area (TPSA) is 0 Å². The molecule has 2 aliphatic carbocycles. The van der Waals surface area contributed by atoms with E-state index in [4.69, 9.17) is 0 Å². The summed E-state index contributed by atoms with van der Waals surface area (Å²) in [6.07, 6.45) is 11.0. The molecule has 4 aromatic rings. The van der Waals surface area contributed by atoms with Crippen molar-refractivity contribution in [3.63, 3.8) is 0 Å². The molecule has 0 nitrogen and oxygen atoms in total. The SMILES string of the molecule is CC(C)(C)c1c[c-]c2c(c1)-c1cc(C(C)(C)C)ccc1C2.[C-]1=CC=CC1.[Zn]=[C](c1ccccc1)c1ccccc1. The van der Waals surface area contributed by atoms with E-state index < -0.39 is 0 Å². The second-order valence-corrected chi connectivity index (χ2v) is 14.0. The van der Waals surface area contributed by atoms with Crippen molar-refractivity contribution in [1.82, 2.24) is 0 Å². The van der Waals surface area contributed by atoms with E-state index >= 15 is 0 Å². The van der Waals surface area contributed by atoms with Gasteiger partial charge in [-0.1, -0.05) is 76.3 Å². The van der Waals surface area contributed by atoms with Crippen LogP contribution in [0, 0.1) is 12.1 Å². The van der Waals surface area contributed by atoms with Crippen molar-refractivity contribution in [1.29, 1.82) is 0 Å². The summed E-state index contributed by atoms with van der Waals surface area (Å²) in [7, 11) is 0. The maximum absolute atomic E-state index is 3.53. The first-order valence-electron chi connectivity index (χ1n) is 14.2. The molecule has 200 valence electrons. The summed E-state index contributed by atoms with van der Waals surface area (Å²) in [5.74, 6) is 0. The molecule has 0 atom stereocenters.